The molecule has 0 saturated carbocycles. The molecule has 0 aromatic rings. The summed E-state index contributed by atoms with van der Waals surface area (Å²) in [6, 6.07) is 0. The molecule has 1 fully saturated rings. The summed E-state index contributed by atoms with van der Waals surface area (Å²) in [6.07, 6.45) is 2.52. The van der Waals surface area contributed by atoms with E-state index in [1.165, 1.54) is 6.42 Å². The lowest BCUT2D eigenvalue weighted by Gasteiger charge is -2.24. The van der Waals surface area contributed by atoms with Crippen molar-refractivity contribution in [2.24, 2.45) is 16.8 Å². The maximum Gasteiger partial charge on any atom is 0.193 e. The third-order valence-corrected chi connectivity index (χ3v) is 4.19. The highest BCUT2D eigenvalue weighted by molar-refractivity contribution is 14.0. The number of likely N-dealkylation sites (tertiary alicyclic amines) is 1. The van der Waals surface area contributed by atoms with E-state index in [0.717, 1.165) is 51.8 Å². The Hall–Kier alpha value is -0.0800. The fourth-order valence-corrected chi connectivity index (χ4v) is 2.93. The Labute approximate surface area is 159 Å². The van der Waals surface area contributed by atoms with E-state index in [9.17, 15) is 0 Å². The molecule has 23 heavy (non-hydrogen) atoms. The highest BCUT2D eigenvalue weighted by Crippen LogP contribution is 2.16. The normalized spacial score (nSPS) is 19.8. The Morgan fingerprint density at radius 2 is 2.04 bits per heavy atom. The topological polar surface area (TPSA) is 46.1 Å². The lowest BCUT2D eigenvalue weighted by molar-refractivity contribution is 0.0257. The molecular formula is C17H36IN3O2. The van der Waals surface area contributed by atoms with Gasteiger partial charge in [0.15, 0.2) is 5.96 Å². The van der Waals surface area contributed by atoms with Crippen LogP contribution in [0.25, 0.3) is 0 Å². The second-order valence-electron chi connectivity index (χ2n) is 6.26. The van der Waals surface area contributed by atoms with Crippen molar-refractivity contribution in [2.45, 2.75) is 46.6 Å². The van der Waals surface area contributed by atoms with Gasteiger partial charge in [0.25, 0.3) is 0 Å². The summed E-state index contributed by atoms with van der Waals surface area (Å²) < 4.78 is 11.3. The second kappa shape index (κ2) is 13.2. The molecule has 0 spiro atoms. The van der Waals surface area contributed by atoms with Crippen LogP contribution in [0, 0.1) is 11.8 Å². The molecule has 6 heteroatoms. The molecule has 0 aromatic carbocycles. The molecule has 0 bridgehead atoms. The molecule has 138 valence electrons. The number of rotatable bonds is 9. The summed E-state index contributed by atoms with van der Waals surface area (Å²) >= 11 is 0. The third kappa shape index (κ3) is 8.54. The van der Waals surface area contributed by atoms with Gasteiger partial charge in [0.05, 0.1) is 12.7 Å². The van der Waals surface area contributed by atoms with Crippen LogP contribution in [-0.4, -0.2) is 63.5 Å². The molecule has 0 amide bonds. The number of halogens is 1. The Bertz CT molecular complexity index is 327. The smallest absolute Gasteiger partial charge is 0.193 e. The van der Waals surface area contributed by atoms with Gasteiger partial charge in [0.1, 0.15) is 0 Å². The number of nitrogens with zero attached hydrogens (tertiary/aromatic N) is 2. The van der Waals surface area contributed by atoms with Crippen molar-refractivity contribution in [3.05, 3.63) is 0 Å². The number of hydrogen-bond acceptors (Lipinski definition) is 3. The van der Waals surface area contributed by atoms with E-state index in [1.807, 2.05) is 7.05 Å². The van der Waals surface area contributed by atoms with Gasteiger partial charge < -0.3 is 19.7 Å². The molecule has 1 aliphatic rings. The molecule has 2 unspecified atom stereocenters. The Morgan fingerprint density at radius 1 is 1.30 bits per heavy atom. The molecule has 1 rings (SSSR count). The van der Waals surface area contributed by atoms with Gasteiger partial charge in [-0.05, 0) is 32.6 Å². The highest BCUT2D eigenvalue weighted by atomic mass is 127. The van der Waals surface area contributed by atoms with Crippen molar-refractivity contribution in [1.82, 2.24) is 10.2 Å². The lowest BCUT2D eigenvalue weighted by Crippen LogP contribution is -2.41. The van der Waals surface area contributed by atoms with E-state index >= 15 is 0 Å². The first-order valence-electron chi connectivity index (χ1n) is 8.77. The van der Waals surface area contributed by atoms with Crippen molar-refractivity contribution in [1.29, 1.82) is 0 Å². The highest BCUT2D eigenvalue weighted by Gasteiger charge is 2.25. The van der Waals surface area contributed by atoms with E-state index in [4.69, 9.17) is 9.47 Å². The first-order valence-corrected chi connectivity index (χ1v) is 8.77. The van der Waals surface area contributed by atoms with E-state index in [0.29, 0.717) is 17.9 Å². The molecule has 2 atom stereocenters. The first-order chi connectivity index (χ1) is 10.6. The predicted octanol–water partition coefficient (Wildman–Crippen LogP) is 2.99. The minimum Gasteiger partial charge on any atom is -0.381 e. The van der Waals surface area contributed by atoms with Crippen LogP contribution in [0.1, 0.15) is 40.5 Å². The van der Waals surface area contributed by atoms with Gasteiger partial charge in [-0.2, -0.15) is 0 Å². The van der Waals surface area contributed by atoms with Gasteiger partial charge >= 0.3 is 0 Å². The van der Waals surface area contributed by atoms with E-state index in [2.05, 4.69) is 42.9 Å². The van der Waals surface area contributed by atoms with Crippen LogP contribution in [0.3, 0.4) is 0 Å². The molecule has 1 saturated heterocycles. The van der Waals surface area contributed by atoms with Crippen molar-refractivity contribution in [2.75, 3.05) is 46.5 Å². The van der Waals surface area contributed by atoms with Crippen LogP contribution in [0.4, 0.5) is 0 Å². The quantitative estimate of drug-likeness (QED) is 0.340. The van der Waals surface area contributed by atoms with Crippen LogP contribution in [-0.2, 0) is 9.47 Å². The number of hydrogen-bond donors (Lipinski definition) is 1. The van der Waals surface area contributed by atoms with Gasteiger partial charge in [0.2, 0.25) is 0 Å². The molecule has 0 aromatic heterocycles. The van der Waals surface area contributed by atoms with Crippen LogP contribution < -0.4 is 5.32 Å². The van der Waals surface area contributed by atoms with Crippen molar-refractivity contribution in [3.8, 4) is 0 Å². The molecule has 1 N–H and O–H groups in total. The SMILES string of the molecule is CCOCC1CCN(C(=NC)NCCC(OCC)C(C)C)C1.I. The van der Waals surface area contributed by atoms with Gasteiger partial charge in [0, 0.05) is 45.8 Å². The van der Waals surface area contributed by atoms with Crippen LogP contribution in [0.15, 0.2) is 4.99 Å². The van der Waals surface area contributed by atoms with Crippen LogP contribution >= 0.6 is 24.0 Å². The van der Waals surface area contributed by atoms with Crippen LogP contribution in [0.5, 0.6) is 0 Å². The predicted molar refractivity (Wildman–Crippen MR) is 108 cm³/mol. The lowest BCUT2D eigenvalue weighted by atomic mass is 10.0. The van der Waals surface area contributed by atoms with E-state index in [-0.39, 0.29) is 24.0 Å². The maximum absolute atomic E-state index is 5.80. The van der Waals surface area contributed by atoms with Crippen LogP contribution in [0.2, 0.25) is 0 Å². The minimum atomic E-state index is 0. The Kier molecular flexibility index (Phi) is 13.2. The van der Waals surface area contributed by atoms with Gasteiger partial charge in [-0.3, -0.25) is 4.99 Å². The molecule has 1 heterocycles. The molecular weight excluding hydrogens is 405 g/mol. The van der Waals surface area contributed by atoms with Crippen molar-refractivity contribution >= 4 is 29.9 Å². The van der Waals surface area contributed by atoms with E-state index < -0.39 is 0 Å². The second-order valence-corrected chi connectivity index (χ2v) is 6.26. The summed E-state index contributed by atoms with van der Waals surface area (Å²) in [5.41, 5.74) is 0. The third-order valence-electron chi connectivity index (χ3n) is 4.19. The largest absolute Gasteiger partial charge is 0.381 e. The summed E-state index contributed by atoms with van der Waals surface area (Å²) in [6.45, 7) is 14.0. The molecule has 0 aliphatic carbocycles. The monoisotopic (exact) mass is 441 g/mol. The van der Waals surface area contributed by atoms with Gasteiger partial charge in [-0.1, -0.05) is 13.8 Å². The zero-order valence-corrected chi connectivity index (χ0v) is 17.8. The first kappa shape index (κ1) is 22.9. The molecule has 5 nitrogen and oxygen atoms in total. The summed E-state index contributed by atoms with van der Waals surface area (Å²) in [5.74, 6) is 2.19. The van der Waals surface area contributed by atoms with E-state index in [1.54, 1.807) is 0 Å². The molecule has 0 radical (unpaired) electrons. The minimum absolute atomic E-state index is 0. The number of aliphatic imine (C=N–C) groups is 1. The number of guanidine groups is 1. The standard InChI is InChI=1S/C17H35N3O2.HI/c1-6-21-13-15-9-11-20(12-15)17(18-5)19-10-8-16(14(3)4)22-7-2;/h14-16H,6-13H2,1-5H3,(H,18,19);1H. The Morgan fingerprint density at radius 3 is 2.61 bits per heavy atom. The average molecular weight is 441 g/mol. The zero-order valence-electron chi connectivity index (χ0n) is 15.5. The fraction of sp³-hybridized carbons (Fsp3) is 0.941. The number of nitrogens with one attached hydrogen (secondary N) is 1. The van der Waals surface area contributed by atoms with Gasteiger partial charge in [-0.25, -0.2) is 0 Å². The Balaban J connectivity index is 0.00000484. The average Bonchev–Trinajstić information content (AvgIpc) is 2.96. The summed E-state index contributed by atoms with van der Waals surface area (Å²) in [7, 11) is 1.86. The van der Waals surface area contributed by atoms with Crippen molar-refractivity contribution in [3.63, 3.8) is 0 Å². The fourth-order valence-electron chi connectivity index (χ4n) is 2.93. The number of ether oxygens (including phenoxy) is 2. The molecule has 1 aliphatic heterocycles. The summed E-state index contributed by atoms with van der Waals surface area (Å²) in [4.78, 5) is 6.76. The van der Waals surface area contributed by atoms with Crippen molar-refractivity contribution < 1.29 is 9.47 Å². The maximum atomic E-state index is 5.80. The van der Waals surface area contributed by atoms with Gasteiger partial charge in [-0.15, -0.1) is 24.0 Å². The zero-order chi connectivity index (χ0) is 16.4. The summed E-state index contributed by atoms with van der Waals surface area (Å²) in [5, 5.41) is 3.49.